The molecule has 8 heteroatoms. The van der Waals surface area contributed by atoms with Crippen molar-refractivity contribution in [1.82, 2.24) is 9.97 Å². The van der Waals surface area contributed by atoms with Crippen LogP contribution in [0, 0.1) is 6.92 Å². The monoisotopic (exact) mass is 409 g/mol. The lowest BCUT2D eigenvalue weighted by Crippen LogP contribution is -2.47. The van der Waals surface area contributed by atoms with Gasteiger partial charge in [0.1, 0.15) is 10.7 Å². The fraction of sp³-hybridized carbons (Fsp3) is 0.238. The highest BCUT2D eigenvalue weighted by atomic mass is 32.2. The second-order valence-corrected chi connectivity index (χ2v) is 8.97. The molecular formula is C21H23N5O2S. The number of anilines is 3. The zero-order valence-electron chi connectivity index (χ0n) is 16.2. The standard InChI is InChI=1S/C21H23N5O2S/c1-16-6-5-9-18(14-16)29(27,28)19-15-23-21(24-20(19)22)26-12-10-25(11-13-26)17-7-3-2-4-8-17/h2-9,14-15H,10-13H2,1H3,(H2,22,23,24). The van der Waals surface area contributed by atoms with E-state index in [2.05, 4.69) is 27.0 Å². The molecular weight excluding hydrogens is 386 g/mol. The molecule has 0 unspecified atom stereocenters. The molecule has 2 aromatic carbocycles. The Bertz CT molecular complexity index is 1110. The number of rotatable bonds is 4. The maximum absolute atomic E-state index is 12.9. The van der Waals surface area contributed by atoms with Gasteiger partial charge in [-0.1, -0.05) is 30.3 Å². The molecule has 0 spiro atoms. The van der Waals surface area contributed by atoms with Crippen molar-refractivity contribution in [3.8, 4) is 0 Å². The number of aromatic nitrogens is 2. The van der Waals surface area contributed by atoms with Crippen LogP contribution in [0.25, 0.3) is 0 Å². The Balaban J connectivity index is 1.52. The highest BCUT2D eigenvalue weighted by Gasteiger charge is 2.25. The number of nitrogens with zero attached hydrogens (tertiary/aromatic N) is 4. The van der Waals surface area contributed by atoms with Crippen molar-refractivity contribution in [3.05, 3.63) is 66.4 Å². The summed E-state index contributed by atoms with van der Waals surface area (Å²) in [5, 5.41) is 0. The topological polar surface area (TPSA) is 92.4 Å². The summed E-state index contributed by atoms with van der Waals surface area (Å²) in [7, 11) is -3.76. The molecule has 1 aliphatic rings. The SMILES string of the molecule is Cc1cccc(S(=O)(=O)c2cnc(N3CCN(c4ccccc4)CC3)nc2N)c1. The Morgan fingerprint density at radius 3 is 2.28 bits per heavy atom. The molecule has 0 atom stereocenters. The number of para-hydroxylation sites is 1. The van der Waals surface area contributed by atoms with Crippen LogP contribution in [0.15, 0.2) is 70.6 Å². The molecule has 0 saturated carbocycles. The molecule has 2 N–H and O–H groups in total. The third-order valence-corrected chi connectivity index (χ3v) is 6.81. The molecule has 7 nitrogen and oxygen atoms in total. The highest BCUT2D eigenvalue weighted by Crippen LogP contribution is 2.26. The molecule has 3 aromatic rings. The third-order valence-electron chi connectivity index (χ3n) is 5.04. The molecule has 1 aliphatic heterocycles. The molecule has 1 saturated heterocycles. The van der Waals surface area contributed by atoms with Crippen LogP contribution in [0.2, 0.25) is 0 Å². The van der Waals surface area contributed by atoms with Gasteiger partial charge in [-0.25, -0.2) is 13.4 Å². The lowest BCUT2D eigenvalue weighted by molar-refractivity contribution is 0.595. The van der Waals surface area contributed by atoms with E-state index in [1.54, 1.807) is 18.2 Å². The van der Waals surface area contributed by atoms with Crippen LogP contribution in [0.3, 0.4) is 0 Å². The number of hydrogen-bond donors (Lipinski definition) is 1. The Morgan fingerprint density at radius 2 is 1.62 bits per heavy atom. The molecule has 4 rings (SSSR count). The Hall–Kier alpha value is -3.13. The van der Waals surface area contributed by atoms with Crippen LogP contribution in [-0.4, -0.2) is 44.6 Å². The van der Waals surface area contributed by atoms with Crippen molar-refractivity contribution >= 4 is 27.3 Å². The molecule has 1 aromatic heterocycles. The number of nitrogen functional groups attached to an aromatic ring is 1. The summed E-state index contributed by atoms with van der Waals surface area (Å²) in [5.41, 5.74) is 8.09. The van der Waals surface area contributed by atoms with Crippen LogP contribution in [0.5, 0.6) is 0 Å². The van der Waals surface area contributed by atoms with Crippen LogP contribution < -0.4 is 15.5 Å². The Labute approximate surface area is 170 Å². The van der Waals surface area contributed by atoms with E-state index >= 15 is 0 Å². The summed E-state index contributed by atoms with van der Waals surface area (Å²) in [5.74, 6) is 0.431. The maximum Gasteiger partial charge on any atom is 0.227 e. The minimum atomic E-state index is -3.76. The molecule has 29 heavy (non-hydrogen) atoms. The average Bonchev–Trinajstić information content (AvgIpc) is 2.74. The van der Waals surface area contributed by atoms with Crippen LogP contribution in [-0.2, 0) is 9.84 Å². The fourth-order valence-electron chi connectivity index (χ4n) is 3.45. The second-order valence-electron chi connectivity index (χ2n) is 7.05. The maximum atomic E-state index is 12.9. The van der Waals surface area contributed by atoms with Gasteiger partial charge in [-0.05, 0) is 36.8 Å². The lowest BCUT2D eigenvalue weighted by Gasteiger charge is -2.36. The first-order chi connectivity index (χ1) is 13.9. The van der Waals surface area contributed by atoms with Crippen molar-refractivity contribution < 1.29 is 8.42 Å². The van der Waals surface area contributed by atoms with Crippen LogP contribution in [0.4, 0.5) is 17.5 Å². The summed E-state index contributed by atoms with van der Waals surface area (Å²) in [4.78, 5) is 13.1. The van der Waals surface area contributed by atoms with E-state index in [0.717, 1.165) is 31.7 Å². The van der Waals surface area contributed by atoms with E-state index in [-0.39, 0.29) is 15.6 Å². The Kier molecular flexibility index (Phi) is 5.10. The average molecular weight is 410 g/mol. The van der Waals surface area contributed by atoms with Crippen molar-refractivity contribution in [2.45, 2.75) is 16.7 Å². The number of hydrogen-bond acceptors (Lipinski definition) is 7. The summed E-state index contributed by atoms with van der Waals surface area (Å²) in [6.45, 7) is 4.97. The van der Waals surface area contributed by atoms with Gasteiger partial charge in [0.15, 0.2) is 0 Å². The molecule has 0 aliphatic carbocycles. The Morgan fingerprint density at radius 1 is 0.931 bits per heavy atom. The van der Waals surface area contributed by atoms with E-state index in [4.69, 9.17) is 5.73 Å². The number of nitrogens with two attached hydrogens (primary N) is 1. The van der Waals surface area contributed by atoms with Crippen LogP contribution >= 0.6 is 0 Å². The fourth-order valence-corrected chi connectivity index (χ4v) is 4.81. The first-order valence-electron chi connectivity index (χ1n) is 9.44. The van der Waals surface area contributed by atoms with Gasteiger partial charge in [-0.2, -0.15) is 4.98 Å². The number of aryl methyl sites for hydroxylation is 1. The summed E-state index contributed by atoms with van der Waals surface area (Å²) >= 11 is 0. The van der Waals surface area contributed by atoms with Gasteiger partial charge in [-0.15, -0.1) is 0 Å². The molecule has 150 valence electrons. The number of piperazine rings is 1. The van der Waals surface area contributed by atoms with E-state index in [9.17, 15) is 8.42 Å². The summed E-state index contributed by atoms with van der Waals surface area (Å²) < 4.78 is 25.8. The first kappa shape index (κ1) is 19.2. The van der Waals surface area contributed by atoms with Gasteiger partial charge in [0.2, 0.25) is 15.8 Å². The van der Waals surface area contributed by atoms with Crippen molar-refractivity contribution in [2.75, 3.05) is 41.7 Å². The van der Waals surface area contributed by atoms with Gasteiger partial charge in [0, 0.05) is 31.9 Å². The molecule has 0 bridgehead atoms. The van der Waals surface area contributed by atoms with E-state index < -0.39 is 9.84 Å². The predicted molar refractivity (Wildman–Crippen MR) is 114 cm³/mol. The second kappa shape index (κ2) is 7.71. The molecule has 2 heterocycles. The molecule has 1 fully saturated rings. The summed E-state index contributed by atoms with van der Waals surface area (Å²) in [6.07, 6.45) is 1.32. The highest BCUT2D eigenvalue weighted by molar-refractivity contribution is 7.91. The van der Waals surface area contributed by atoms with E-state index in [1.807, 2.05) is 36.1 Å². The zero-order valence-corrected chi connectivity index (χ0v) is 17.0. The van der Waals surface area contributed by atoms with Gasteiger partial charge in [0.25, 0.3) is 0 Å². The smallest absolute Gasteiger partial charge is 0.227 e. The first-order valence-corrected chi connectivity index (χ1v) is 10.9. The quantitative estimate of drug-likeness (QED) is 0.708. The van der Waals surface area contributed by atoms with Crippen molar-refractivity contribution in [3.63, 3.8) is 0 Å². The van der Waals surface area contributed by atoms with E-state index in [1.165, 1.54) is 11.9 Å². The number of benzene rings is 2. The van der Waals surface area contributed by atoms with Crippen LogP contribution in [0.1, 0.15) is 5.56 Å². The molecule has 0 amide bonds. The van der Waals surface area contributed by atoms with Gasteiger partial charge >= 0.3 is 0 Å². The van der Waals surface area contributed by atoms with Gasteiger partial charge in [0.05, 0.1) is 11.1 Å². The lowest BCUT2D eigenvalue weighted by atomic mass is 10.2. The van der Waals surface area contributed by atoms with E-state index in [0.29, 0.717) is 5.95 Å². The largest absolute Gasteiger partial charge is 0.382 e. The van der Waals surface area contributed by atoms with Crippen molar-refractivity contribution in [1.29, 1.82) is 0 Å². The van der Waals surface area contributed by atoms with Crippen molar-refractivity contribution in [2.24, 2.45) is 0 Å². The number of sulfone groups is 1. The predicted octanol–water partition coefficient (Wildman–Crippen LogP) is 2.53. The van der Waals surface area contributed by atoms with Gasteiger partial charge < -0.3 is 15.5 Å². The minimum Gasteiger partial charge on any atom is -0.382 e. The molecule has 0 radical (unpaired) electrons. The van der Waals surface area contributed by atoms with Gasteiger partial charge in [-0.3, -0.25) is 0 Å². The summed E-state index contributed by atoms with van der Waals surface area (Å²) in [6, 6.07) is 17.0. The minimum absolute atomic E-state index is 0.0259. The third kappa shape index (κ3) is 3.88. The zero-order chi connectivity index (χ0) is 20.4. The normalized spacial score (nSPS) is 14.8.